The number of nitrogens with one attached hydrogen (secondary N) is 1. The number of hydrogen-bond donors (Lipinski definition) is 2. The van der Waals surface area contributed by atoms with E-state index in [0.717, 1.165) is 5.69 Å². The number of carbonyl (C=O) groups is 1. The number of pyridine rings is 1. The van der Waals surface area contributed by atoms with Gasteiger partial charge in [0.25, 0.3) is 0 Å². The van der Waals surface area contributed by atoms with E-state index in [1.165, 1.54) is 17.5 Å². The molecule has 0 aliphatic carbocycles. The molecule has 23 heavy (non-hydrogen) atoms. The molecule has 0 aliphatic heterocycles. The van der Waals surface area contributed by atoms with Crippen molar-refractivity contribution < 1.29 is 14.6 Å². The van der Waals surface area contributed by atoms with Crippen LogP contribution in [0.15, 0.2) is 48.0 Å². The average molecular weight is 327 g/mol. The molecule has 0 aliphatic rings. The van der Waals surface area contributed by atoms with Crippen molar-refractivity contribution in [3.8, 4) is 11.5 Å². The van der Waals surface area contributed by atoms with E-state index in [9.17, 15) is 9.90 Å². The first-order valence-electron chi connectivity index (χ1n) is 6.77. The van der Waals surface area contributed by atoms with Crippen LogP contribution in [-0.4, -0.2) is 21.0 Å². The fourth-order valence-corrected chi connectivity index (χ4v) is 2.58. The Morgan fingerprint density at radius 3 is 2.74 bits per heavy atom. The summed E-state index contributed by atoms with van der Waals surface area (Å²) in [5, 5.41) is 14.9. The molecule has 2 aromatic heterocycles. The van der Waals surface area contributed by atoms with Crippen LogP contribution >= 0.6 is 11.3 Å². The lowest BCUT2D eigenvalue weighted by molar-refractivity contribution is 0.0693. The molecule has 0 spiro atoms. The maximum atomic E-state index is 11.3. The number of thiazole rings is 1. The maximum absolute atomic E-state index is 11.3. The quantitative estimate of drug-likeness (QED) is 0.734. The van der Waals surface area contributed by atoms with Crippen LogP contribution in [0.5, 0.6) is 11.5 Å². The van der Waals surface area contributed by atoms with E-state index in [-0.39, 0.29) is 11.3 Å². The van der Waals surface area contributed by atoms with Gasteiger partial charge in [0.2, 0.25) is 0 Å². The van der Waals surface area contributed by atoms with Gasteiger partial charge in [-0.25, -0.2) is 14.8 Å². The first-order chi connectivity index (χ1) is 11.1. The molecule has 0 saturated heterocycles. The molecule has 0 saturated carbocycles. The largest absolute Gasteiger partial charge is 0.477 e. The lowest BCUT2D eigenvalue weighted by Crippen LogP contribution is -2.03. The molecule has 0 bridgehead atoms. The minimum atomic E-state index is -1.10. The number of carboxylic acids is 1. The molecule has 3 rings (SSSR count). The van der Waals surface area contributed by atoms with Crippen molar-refractivity contribution >= 4 is 28.3 Å². The van der Waals surface area contributed by atoms with Crippen LogP contribution in [0.3, 0.4) is 0 Å². The molecule has 2 heterocycles. The molecule has 0 radical (unpaired) electrons. The number of aromatic nitrogens is 2. The van der Waals surface area contributed by atoms with Gasteiger partial charge in [-0.1, -0.05) is 18.2 Å². The summed E-state index contributed by atoms with van der Waals surface area (Å²) in [5.41, 5.74) is 0.898. The minimum Gasteiger partial charge on any atom is -0.477 e. The summed E-state index contributed by atoms with van der Waals surface area (Å²) in [7, 11) is 0. The van der Waals surface area contributed by atoms with Gasteiger partial charge in [-0.3, -0.25) is 0 Å². The summed E-state index contributed by atoms with van der Waals surface area (Å²) in [6.07, 6.45) is 1.27. The Morgan fingerprint density at radius 2 is 2.09 bits per heavy atom. The van der Waals surface area contributed by atoms with Gasteiger partial charge >= 0.3 is 5.97 Å². The number of nitrogens with zero attached hydrogens (tertiary/aromatic N) is 2. The van der Waals surface area contributed by atoms with E-state index in [0.29, 0.717) is 16.7 Å². The number of aromatic carboxylic acids is 1. The highest BCUT2D eigenvalue weighted by Gasteiger charge is 2.14. The number of anilines is 2. The van der Waals surface area contributed by atoms with Crippen molar-refractivity contribution in [2.45, 2.75) is 6.92 Å². The monoisotopic (exact) mass is 327 g/mol. The van der Waals surface area contributed by atoms with Gasteiger partial charge < -0.3 is 15.2 Å². The lowest BCUT2D eigenvalue weighted by atomic mass is 10.2. The summed E-state index contributed by atoms with van der Waals surface area (Å²) in [4.78, 5) is 19.7. The smallest absolute Gasteiger partial charge is 0.341 e. The van der Waals surface area contributed by atoms with Gasteiger partial charge in [-0.05, 0) is 19.1 Å². The van der Waals surface area contributed by atoms with Gasteiger partial charge in [-0.2, -0.15) is 0 Å². The zero-order valence-electron chi connectivity index (χ0n) is 12.2. The van der Waals surface area contributed by atoms with Gasteiger partial charge in [0, 0.05) is 17.6 Å². The second kappa shape index (κ2) is 6.45. The fourth-order valence-electron chi connectivity index (χ4n) is 1.89. The summed E-state index contributed by atoms with van der Waals surface area (Å²) in [6.45, 7) is 1.90. The third kappa shape index (κ3) is 3.64. The number of rotatable bonds is 5. The molecular weight excluding hydrogens is 314 g/mol. The highest BCUT2D eigenvalue weighted by molar-refractivity contribution is 7.13. The number of hydrogen-bond acceptors (Lipinski definition) is 6. The summed E-state index contributed by atoms with van der Waals surface area (Å²) in [5.74, 6) is 0.141. The zero-order chi connectivity index (χ0) is 16.2. The number of para-hydroxylation sites is 1. The first kappa shape index (κ1) is 15.0. The topological polar surface area (TPSA) is 84.3 Å². The Morgan fingerprint density at radius 1 is 1.30 bits per heavy atom. The number of carboxylic acid groups (broad SMARTS) is 1. The molecule has 7 heteroatoms. The molecule has 116 valence electrons. The molecule has 3 aromatic rings. The highest BCUT2D eigenvalue weighted by Crippen LogP contribution is 2.29. The Balaban J connectivity index is 1.91. The van der Waals surface area contributed by atoms with Crippen molar-refractivity contribution in [2.75, 3.05) is 5.32 Å². The van der Waals surface area contributed by atoms with Gasteiger partial charge in [0.1, 0.15) is 22.9 Å². The third-order valence-corrected chi connectivity index (χ3v) is 3.80. The Kier molecular flexibility index (Phi) is 4.20. The highest BCUT2D eigenvalue weighted by atomic mass is 32.1. The zero-order valence-corrected chi connectivity index (χ0v) is 13.0. The third-order valence-electron chi connectivity index (χ3n) is 2.92. The predicted octanol–water partition coefficient (Wildman–Crippen LogP) is 4.08. The van der Waals surface area contributed by atoms with Crippen LogP contribution in [0.1, 0.15) is 16.1 Å². The van der Waals surface area contributed by atoms with Gasteiger partial charge in [0.05, 0.1) is 5.69 Å². The van der Waals surface area contributed by atoms with E-state index >= 15 is 0 Å². The fraction of sp³-hybridized carbons (Fsp3) is 0.0625. The van der Waals surface area contributed by atoms with E-state index in [1.807, 2.05) is 30.5 Å². The van der Waals surface area contributed by atoms with Crippen molar-refractivity contribution in [3.63, 3.8) is 0 Å². The molecule has 0 atom stereocenters. The summed E-state index contributed by atoms with van der Waals surface area (Å²) < 4.78 is 5.68. The van der Waals surface area contributed by atoms with Crippen molar-refractivity contribution in [3.05, 3.63) is 59.2 Å². The van der Waals surface area contributed by atoms with E-state index in [2.05, 4.69) is 15.3 Å². The van der Waals surface area contributed by atoms with E-state index < -0.39 is 5.97 Å². The van der Waals surface area contributed by atoms with E-state index in [4.69, 9.17) is 4.74 Å². The van der Waals surface area contributed by atoms with Crippen LogP contribution in [0, 0.1) is 6.92 Å². The summed E-state index contributed by atoms with van der Waals surface area (Å²) in [6, 6.07) is 10.5. The van der Waals surface area contributed by atoms with Crippen LogP contribution in [0.4, 0.5) is 10.9 Å². The Hall–Kier alpha value is -2.93. The second-order valence-electron chi connectivity index (χ2n) is 4.71. The van der Waals surface area contributed by atoms with Crippen LogP contribution < -0.4 is 10.1 Å². The molecular formula is C16H13N3O3S. The first-order valence-corrected chi connectivity index (χ1v) is 7.65. The Bertz CT molecular complexity index is 834. The molecule has 0 amide bonds. The molecule has 0 unspecified atom stereocenters. The lowest BCUT2D eigenvalue weighted by Gasteiger charge is -2.10. The van der Waals surface area contributed by atoms with Crippen molar-refractivity contribution in [2.24, 2.45) is 0 Å². The molecule has 1 aromatic carbocycles. The van der Waals surface area contributed by atoms with Crippen LogP contribution in [-0.2, 0) is 0 Å². The van der Waals surface area contributed by atoms with Crippen LogP contribution in [0.25, 0.3) is 0 Å². The molecule has 2 N–H and O–H groups in total. The normalized spacial score (nSPS) is 10.3. The summed E-state index contributed by atoms with van der Waals surface area (Å²) >= 11 is 1.45. The van der Waals surface area contributed by atoms with Crippen molar-refractivity contribution in [1.29, 1.82) is 0 Å². The SMILES string of the molecule is Cc1csc(Nc2cc(Oc3ccccc3)c(C(=O)O)cn2)n1. The van der Waals surface area contributed by atoms with Gasteiger partial charge in [0.15, 0.2) is 5.13 Å². The average Bonchev–Trinajstić information content (AvgIpc) is 2.93. The minimum absolute atomic E-state index is 0.00489. The number of ether oxygens (including phenoxy) is 1. The predicted molar refractivity (Wildman–Crippen MR) is 87.8 cm³/mol. The van der Waals surface area contributed by atoms with Gasteiger partial charge in [-0.15, -0.1) is 11.3 Å². The van der Waals surface area contributed by atoms with E-state index in [1.54, 1.807) is 18.2 Å². The van der Waals surface area contributed by atoms with Crippen LogP contribution in [0.2, 0.25) is 0 Å². The number of benzene rings is 1. The standard InChI is InChI=1S/C16H13N3O3S/c1-10-9-23-16(18-10)19-14-7-13(12(8-17-14)15(20)21)22-11-5-3-2-4-6-11/h2-9H,1H3,(H,20,21)(H,17,18,19). The maximum Gasteiger partial charge on any atom is 0.341 e. The Labute approximate surface area is 136 Å². The number of aryl methyl sites for hydroxylation is 1. The van der Waals surface area contributed by atoms with Crippen molar-refractivity contribution in [1.82, 2.24) is 9.97 Å². The molecule has 0 fully saturated rings. The second-order valence-corrected chi connectivity index (χ2v) is 5.56. The molecule has 6 nitrogen and oxygen atoms in total.